The number of rotatable bonds is 5. The number of hydrogen-bond acceptors (Lipinski definition) is 4. The standard InChI is InChI=1S/C13H16N2OS/c1-2-12(11-5-3-4-6-13(11)16)15-8-10-7-14-9-17-10/h3-7,9,12,15-16H,2,8H2,1H3. The van der Waals surface area contributed by atoms with Crippen molar-refractivity contribution in [2.24, 2.45) is 0 Å². The second kappa shape index (κ2) is 5.80. The molecule has 2 aromatic rings. The molecule has 0 radical (unpaired) electrons. The molecular formula is C13H16N2OS. The number of nitrogens with one attached hydrogen (secondary N) is 1. The summed E-state index contributed by atoms with van der Waals surface area (Å²) >= 11 is 1.64. The Morgan fingerprint density at radius 3 is 2.88 bits per heavy atom. The summed E-state index contributed by atoms with van der Waals surface area (Å²) < 4.78 is 0. The van der Waals surface area contributed by atoms with Gasteiger partial charge in [-0.25, -0.2) is 0 Å². The van der Waals surface area contributed by atoms with Crippen LogP contribution in [0.15, 0.2) is 36.0 Å². The SMILES string of the molecule is CCC(NCc1cncs1)c1ccccc1O. The Labute approximate surface area is 105 Å². The average Bonchev–Trinajstić information content (AvgIpc) is 2.85. The molecule has 0 saturated carbocycles. The van der Waals surface area contributed by atoms with Gasteiger partial charge >= 0.3 is 0 Å². The molecule has 0 aliphatic carbocycles. The maximum absolute atomic E-state index is 9.82. The van der Waals surface area contributed by atoms with Crippen LogP contribution in [0.5, 0.6) is 5.75 Å². The van der Waals surface area contributed by atoms with Crippen LogP contribution in [0.4, 0.5) is 0 Å². The van der Waals surface area contributed by atoms with E-state index in [0.717, 1.165) is 18.5 Å². The second-order valence-electron chi connectivity index (χ2n) is 3.87. The molecule has 0 aliphatic rings. The smallest absolute Gasteiger partial charge is 0.120 e. The zero-order chi connectivity index (χ0) is 12.1. The third-order valence-electron chi connectivity index (χ3n) is 2.73. The Bertz CT molecular complexity index is 456. The summed E-state index contributed by atoms with van der Waals surface area (Å²) in [6, 6.07) is 7.66. The highest BCUT2D eigenvalue weighted by Crippen LogP contribution is 2.26. The first-order valence-electron chi connectivity index (χ1n) is 5.70. The van der Waals surface area contributed by atoms with Gasteiger partial charge in [-0.3, -0.25) is 4.98 Å². The molecule has 1 aromatic carbocycles. The van der Waals surface area contributed by atoms with E-state index in [0.29, 0.717) is 5.75 Å². The lowest BCUT2D eigenvalue weighted by Crippen LogP contribution is -2.19. The molecule has 1 unspecified atom stereocenters. The van der Waals surface area contributed by atoms with Crippen LogP contribution in [0.25, 0.3) is 0 Å². The molecule has 1 heterocycles. The molecule has 4 heteroatoms. The van der Waals surface area contributed by atoms with Crippen LogP contribution < -0.4 is 5.32 Å². The van der Waals surface area contributed by atoms with Gasteiger partial charge in [-0.15, -0.1) is 11.3 Å². The van der Waals surface area contributed by atoms with E-state index in [9.17, 15) is 5.11 Å². The minimum Gasteiger partial charge on any atom is -0.508 e. The summed E-state index contributed by atoms with van der Waals surface area (Å²) in [4.78, 5) is 5.25. The molecule has 90 valence electrons. The fourth-order valence-electron chi connectivity index (χ4n) is 1.81. The van der Waals surface area contributed by atoms with E-state index >= 15 is 0 Å². The molecule has 0 spiro atoms. The molecule has 0 fully saturated rings. The lowest BCUT2D eigenvalue weighted by atomic mass is 10.0. The summed E-state index contributed by atoms with van der Waals surface area (Å²) in [5.74, 6) is 0.358. The predicted molar refractivity (Wildman–Crippen MR) is 70.1 cm³/mol. The van der Waals surface area contributed by atoms with Gasteiger partial charge in [0.2, 0.25) is 0 Å². The highest BCUT2D eigenvalue weighted by Gasteiger charge is 2.12. The van der Waals surface area contributed by atoms with Crippen LogP contribution in [0.2, 0.25) is 0 Å². The number of phenolic OH excluding ortho intramolecular Hbond substituents is 1. The molecule has 2 N–H and O–H groups in total. The van der Waals surface area contributed by atoms with Gasteiger partial charge in [0.15, 0.2) is 0 Å². The van der Waals surface area contributed by atoms with Crippen molar-refractivity contribution in [1.29, 1.82) is 0 Å². The molecular weight excluding hydrogens is 232 g/mol. The fraction of sp³-hybridized carbons (Fsp3) is 0.308. The topological polar surface area (TPSA) is 45.2 Å². The zero-order valence-electron chi connectivity index (χ0n) is 9.76. The summed E-state index contributed by atoms with van der Waals surface area (Å²) in [5, 5.41) is 13.3. The van der Waals surface area contributed by atoms with Gasteiger partial charge in [0.05, 0.1) is 5.51 Å². The highest BCUT2D eigenvalue weighted by molar-refractivity contribution is 7.09. The van der Waals surface area contributed by atoms with Crippen molar-refractivity contribution in [1.82, 2.24) is 10.3 Å². The largest absolute Gasteiger partial charge is 0.508 e. The number of phenols is 1. The lowest BCUT2D eigenvalue weighted by Gasteiger charge is -2.17. The molecule has 0 amide bonds. The van der Waals surface area contributed by atoms with Crippen molar-refractivity contribution in [3.8, 4) is 5.75 Å². The zero-order valence-corrected chi connectivity index (χ0v) is 10.6. The van der Waals surface area contributed by atoms with Crippen LogP contribution in [-0.2, 0) is 6.54 Å². The number of para-hydroxylation sites is 1. The van der Waals surface area contributed by atoms with E-state index in [2.05, 4.69) is 17.2 Å². The summed E-state index contributed by atoms with van der Waals surface area (Å²) in [6.07, 6.45) is 2.81. The minimum atomic E-state index is 0.179. The summed E-state index contributed by atoms with van der Waals surface area (Å²) in [5.41, 5.74) is 2.79. The minimum absolute atomic E-state index is 0.179. The number of thiazole rings is 1. The van der Waals surface area contributed by atoms with E-state index in [4.69, 9.17) is 0 Å². The Balaban J connectivity index is 2.04. The fourth-order valence-corrected chi connectivity index (χ4v) is 2.36. The Morgan fingerprint density at radius 1 is 1.41 bits per heavy atom. The van der Waals surface area contributed by atoms with Crippen molar-refractivity contribution in [2.75, 3.05) is 0 Å². The van der Waals surface area contributed by atoms with Crippen LogP contribution in [-0.4, -0.2) is 10.1 Å². The molecule has 2 rings (SSSR count). The molecule has 0 aliphatic heterocycles. The second-order valence-corrected chi connectivity index (χ2v) is 4.84. The van der Waals surface area contributed by atoms with Gasteiger partial charge in [-0.05, 0) is 12.5 Å². The van der Waals surface area contributed by atoms with Crippen LogP contribution in [0, 0.1) is 0 Å². The summed E-state index contributed by atoms with van der Waals surface area (Å²) in [6.45, 7) is 2.90. The molecule has 3 nitrogen and oxygen atoms in total. The van der Waals surface area contributed by atoms with Gasteiger partial charge in [0, 0.05) is 29.2 Å². The van der Waals surface area contributed by atoms with Gasteiger partial charge in [0.25, 0.3) is 0 Å². The molecule has 1 aromatic heterocycles. The third kappa shape index (κ3) is 3.05. The van der Waals surface area contributed by atoms with Gasteiger partial charge < -0.3 is 10.4 Å². The summed E-state index contributed by atoms with van der Waals surface area (Å²) in [7, 11) is 0. The van der Waals surface area contributed by atoms with Gasteiger partial charge in [-0.2, -0.15) is 0 Å². The normalized spacial score (nSPS) is 12.5. The Morgan fingerprint density at radius 2 is 2.24 bits per heavy atom. The number of aromatic hydroxyl groups is 1. The van der Waals surface area contributed by atoms with Crippen LogP contribution in [0.3, 0.4) is 0 Å². The quantitative estimate of drug-likeness (QED) is 0.854. The molecule has 17 heavy (non-hydrogen) atoms. The van der Waals surface area contributed by atoms with Crippen molar-refractivity contribution in [3.63, 3.8) is 0 Å². The van der Waals surface area contributed by atoms with Gasteiger partial charge in [0.1, 0.15) is 5.75 Å². The lowest BCUT2D eigenvalue weighted by molar-refractivity contribution is 0.441. The molecule has 0 bridgehead atoms. The monoisotopic (exact) mass is 248 g/mol. The van der Waals surface area contributed by atoms with E-state index in [-0.39, 0.29) is 6.04 Å². The Hall–Kier alpha value is -1.39. The van der Waals surface area contributed by atoms with Crippen LogP contribution in [0.1, 0.15) is 29.8 Å². The van der Waals surface area contributed by atoms with Gasteiger partial charge in [-0.1, -0.05) is 25.1 Å². The third-order valence-corrected chi connectivity index (χ3v) is 3.51. The maximum Gasteiger partial charge on any atom is 0.120 e. The first-order chi connectivity index (χ1) is 8.31. The highest BCUT2D eigenvalue weighted by atomic mass is 32.1. The van der Waals surface area contributed by atoms with Crippen molar-refractivity contribution in [3.05, 3.63) is 46.4 Å². The van der Waals surface area contributed by atoms with E-state index in [1.807, 2.05) is 29.9 Å². The number of hydrogen-bond donors (Lipinski definition) is 2. The van der Waals surface area contributed by atoms with Crippen molar-refractivity contribution >= 4 is 11.3 Å². The van der Waals surface area contributed by atoms with Crippen molar-refractivity contribution < 1.29 is 5.11 Å². The predicted octanol–water partition coefficient (Wildman–Crippen LogP) is 3.09. The van der Waals surface area contributed by atoms with Crippen molar-refractivity contribution in [2.45, 2.75) is 25.9 Å². The first kappa shape index (κ1) is 12.1. The van der Waals surface area contributed by atoms with Crippen LogP contribution >= 0.6 is 11.3 Å². The maximum atomic E-state index is 9.82. The number of nitrogens with zero attached hydrogens (tertiary/aromatic N) is 1. The molecule has 0 saturated heterocycles. The Kier molecular flexibility index (Phi) is 4.12. The van der Waals surface area contributed by atoms with E-state index in [1.165, 1.54) is 4.88 Å². The van der Waals surface area contributed by atoms with E-state index in [1.54, 1.807) is 17.4 Å². The first-order valence-corrected chi connectivity index (χ1v) is 6.58. The average molecular weight is 248 g/mol. The number of benzene rings is 1. The molecule has 1 atom stereocenters. The van der Waals surface area contributed by atoms with E-state index < -0.39 is 0 Å². The number of aromatic nitrogens is 1.